The van der Waals surface area contributed by atoms with Crippen LogP contribution in [-0.4, -0.2) is 31.6 Å². The molecule has 6 nitrogen and oxygen atoms in total. The second-order valence-corrected chi connectivity index (χ2v) is 5.38. The molecule has 0 atom stereocenters. The van der Waals surface area contributed by atoms with Gasteiger partial charge in [0.15, 0.2) is 6.61 Å². The number of nitrogens with two attached hydrogens (primary N) is 1. The number of nitrogen functional groups attached to an aromatic ring is 1. The summed E-state index contributed by atoms with van der Waals surface area (Å²) in [6.07, 6.45) is 0.750. The number of anilines is 1. The normalized spacial score (nSPS) is 10.4. The Hall–Kier alpha value is -2.24. The average Bonchev–Trinajstić information content (AvgIpc) is 2.49. The van der Waals surface area contributed by atoms with E-state index in [2.05, 4.69) is 5.32 Å². The van der Waals surface area contributed by atoms with Gasteiger partial charge in [-0.3, -0.25) is 4.79 Å². The van der Waals surface area contributed by atoms with Crippen LogP contribution in [0, 0.1) is 5.92 Å². The summed E-state index contributed by atoms with van der Waals surface area (Å²) in [5.74, 6) is -0.000601. The fourth-order valence-corrected chi connectivity index (χ4v) is 1.58. The van der Waals surface area contributed by atoms with Crippen LogP contribution in [0.15, 0.2) is 18.2 Å². The van der Waals surface area contributed by atoms with E-state index in [4.69, 9.17) is 15.2 Å². The number of hydrogen-bond acceptors (Lipinski definition) is 5. The van der Waals surface area contributed by atoms with Crippen molar-refractivity contribution in [1.82, 2.24) is 5.32 Å². The Bertz CT molecular complexity index is 515. The van der Waals surface area contributed by atoms with Crippen molar-refractivity contribution in [3.8, 4) is 5.75 Å². The van der Waals surface area contributed by atoms with Gasteiger partial charge < -0.3 is 20.5 Å². The summed E-state index contributed by atoms with van der Waals surface area (Å²) >= 11 is 0. The van der Waals surface area contributed by atoms with E-state index in [1.54, 1.807) is 12.1 Å². The highest BCUT2D eigenvalue weighted by Gasteiger charge is 2.11. The van der Waals surface area contributed by atoms with Gasteiger partial charge in [-0.1, -0.05) is 20.8 Å². The van der Waals surface area contributed by atoms with Crippen molar-refractivity contribution < 1.29 is 19.1 Å². The van der Waals surface area contributed by atoms with Crippen LogP contribution in [0.1, 0.15) is 37.6 Å². The molecule has 22 heavy (non-hydrogen) atoms. The fraction of sp³-hybridized carbons (Fsp3) is 0.500. The maximum atomic E-state index is 11.8. The van der Waals surface area contributed by atoms with Crippen molar-refractivity contribution in [3.05, 3.63) is 23.8 Å². The molecule has 0 saturated heterocycles. The Morgan fingerprint density at radius 2 is 2.05 bits per heavy atom. The minimum atomic E-state index is -0.434. The second kappa shape index (κ2) is 8.92. The van der Waals surface area contributed by atoms with E-state index < -0.39 is 5.97 Å². The highest BCUT2D eigenvalue weighted by molar-refractivity contribution is 5.90. The van der Waals surface area contributed by atoms with Gasteiger partial charge in [-0.05, 0) is 30.5 Å². The highest BCUT2D eigenvalue weighted by Crippen LogP contribution is 2.23. The third-order valence-electron chi connectivity index (χ3n) is 2.75. The van der Waals surface area contributed by atoms with Gasteiger partial charge in [-0.2, -0.15) is 0 Å². The van der Waals surface area contributed by atoms with E-state index in [0.717, 1.165) is 6.42 Å². The lowest BCUT2D eigenvalue weighted by Crippen LogP contribution is -2.31. The molecule has 0 aliphatic carbocycles. The van der Waals surface area contributed by atoms with E-state index in [1.807, 2.05) is 20.8 Å². The number of carbonyl (C=O) groups is 2. The summed E-state index contributed by atoms with van der Waals surface area (Å²) in [5.41, 5.74) is 6.50. The Morgan fingerprint density at radius 1 is 1.32 bits per heavy atom. The number of carbonyl (C=O) groups excluding carboxylic acids is 2. The number of ether oxygens (including phenoxy) is 2. The van der Waals surface area contributed by atoms with Crippen LogP contribution >= 0.6 is 0 Å². The van der Waals surface area contributed by atoms with E-state index in [9.17, 15) is 9.59 Å². The van der Waals surface area contributed by atoms with E-state index in [1.165, 1.54) is 6.07 Å². The second-order valence-electron chi connectivity index (χ2n) is 5.38. The molecule has 1 amide bonds. The molecule has 1 aromatic carbocycles. The van der Waals surface area contributed by atoms with Crippen molar-refractivity contribution in [2.24, 2.45) is 5.92 Å². The first kappa shape index (κ1) is 17.8. The van der Waals surface area contributed by atoms with Crippen LogP contribution in [0.5, 0.6) is 5.75 Å². The van der Waals surface area contributed by atoms with Crippen LogP contribution in [0.2, 0.25) is 0 Å². The van der Waals surface area contributed by atoms with Crippen LogP contribution < -0.4 is 15.8 Å². The number of hydrogen-bond donors (Lipinski definition) is 2. The lowest BCUT2D eigenvalue weighted by molar-refractivity contribution is -0.123. The first-order valence-electron chi connectivity index (χ1n) is 7.40. The molecule has 1 rings (SSSR count). The highest BCUT2D eigenvalue weighted by atomic mass is 16.5. The van der Waals surface area contributed by atoms with Gasteiger partial charge in [0.05, 0.1) is 17.9 Å². The zero-order valence-corrected chi connectivity index (χ0v) is 13.3. The number of benzene rings is 1. The lowest BCUT2D eigenvalue weighted by atomic mass is 10.2. The molecule has 0 unspecified atom stereocenters. The van der Waals surface area contributed by atoms with Crippen LogP contribution in [0.3, 0.4) is 0 Å². The minimum Gasteiger partial charge on any atom is -0.482 e. The zero-order valence-electron chi connectivity index (χ0n) is 13.3. The van der Waals surface area contributed by atoms with Gasteiger partial charge in [0, 0.05) is 6.54 Å². The minimum absolute atomic E-state index is 0.148. The van der Waals surface area contributed by atoms with Gasteiger partial charge in [-0.15, -0.1) is 0 Å². The summed E-state index contributed by atoms with van der Waals surface area (Å²) in [6.45, 7) is 6.72. The van der Waals surface area contributed by atoms with Crippen molar-refractivity contribution in [2.75, 3.05) is 25.5 Å². The first-order chi connectivity index (χ1) is 10.4. The van der Waals surface area contributed by atoms with Gasteiger partial charge in [0.25, 0.3) is 5.91 Å². The summed E-state index contributed by atoms with van der Waals surface area (Å²) in [7, 11) is 0. The smallest absolute Gasteiger partial charge is 0.338 e. The predicted octanol–water partition coefficient (Wildman–Crippen LogP) is 1.99. The average molecular weight is 308 g/mol. The summed E-state index contributed by atoms with van der Waals surface area (Å²) in [6, 6.07) is 4.62. The number of esters is 1. The molecule has 0 aromatic heterocycles. The maximum absolute atomic E-state index is 11.8. The number of rotatable bonds is 8. The number of nitrogens with one attached hydrogen (secondary N) is 1. The van der Waals surface area contributed by atoms with Gasteiger partial charge in [0.1, 0.15) is 5.75 Å². The SMILES string of the molecule is CCCOC(=O)c1ccc(N)c(OCC(=O)NCC(C)C)c1. The molecule has 0 radical (unpaired) electrons. The molecule has 0 heterocycles. The van der Waals surface area contributed by atoms with Gasteiger partial charge >= 0.3 is 5.97 Å². The Labute approximate surface area is 131 Å². The maximum Gasteiger partial charge on any atom is 0.338 e. The van der Waals surface area contributed by atoms with Gasteiger partial charge in [0.2, 0.25) is 0 Å². The molecule has 6 heteroatoms. The predicted molar refractivity (Wildman–Crippen MR) is 84.8 cm³/mol. The van der Waals surface area contributed by atoms with Crippen LogP contribution in [-0.2, 0) is 9.53 Å². The van der Waals surface area contributed by atoms with Crippen LogP contribution in [0.25, 0.3) is 0 Å². The molecule has 0 saturated carbocycles. The largest absolute Gasteiger partial charge is 0.482 e. The first-order valence-corrected chi connectivity index (χ1v) is 7.40. The fourth-order valence-electron chi connectivity index (χ4n) is 1.58. The molecule has 0 spiro atoms. The molecule has 3 N–H and O–H groups in total. The Balaban J connectivity index is 2.62. The van der Waals surface area contributed by atoms with E-state index >= 15 is 0 Å². The Morgan fingerprint density at radius 3 is 2.68 bits per heavy atom. The number of amides is 1. The molecule has 122 valence electrons. The zero-order chi connectivity index (χ0) is 16.5. The Kier molecular flexibility index (Phi) is 7.22. The summed E-state index contributed by atoms with van der Waals surface area (Å²) in [4.78, 5) is 23.4. The quantitative estimate of drug-likeness (QED) is 0.566. The van der Waals surface area contributed by atoms with Crippen molar-refractivity contribution in [1.29, 1.82) is 0 Å². The summed E-state index contributed by atoms with van der Waals surface area (Å²) in [5, 5.41) is 2.74. The monoisotopic (exact) mass is 308 g/mol. The molecule has 0 aliphatic rings. The third-order valence-corrected chi connectivity index (χ3v) is 2.75. The van der Waals surface area contributed by atoms with Gasteiger partial charge in [-0.25, -0.2) is 4.79 Å². The topological polar surface area (TPSA) is 90.7 Å². The summed E-state index contributed by atoms with van der Waals surface area (Å²) < 4.78 is 10.4. The lowest BCUT2D eigenvalue weighted by Gasteiger charge is -2.11. The molecule has 0 fully saturated rings. The van der Waals surface area contributed by atoms with E-state index in [-0.39, 0.29) is 12.5 Å². The molecule has 0 aliphatic heterocycles. The van der Waals surface area contributed by atoms with Crippen molar-refractivity contribution in [2.45, 2.75) is 27.2 Å². The van der Waals surface area contributed by atoms with Crippen molar-refractivity contribution in [3.63, 3.8) is 0 Å². The van der Waals surface area contributed by atoms with Crippen molar-refractivity contribution >= 4 is 17.6 Å². The molecule has 1 aromatic rings. The van der Waals surface area contributed by atoms with E-state index in [0.29, 0.717) is 36.1 Å². The standard InChI is InChI=1S/C16H24N2O4/c1-4-7-21-16(20)12-5-6-13(17)14(8-12)22-10-15(19)18-9-11(2)3/h5-6,8,11H,4,7,9-10,17H2,1-3H3,(H,18,19). The van der Waals surface area contributed by atoms with Crippen LogP contribution in [0.4, 0.5) is 5.69 Å². The third kappa shape index (κ3) is 6.03. The molecular weight excluding hydrogens is 284 g/mol. The molecular formula is C16H24N2O4. The molecule has 0 bridgehead atoms.